The molecule has 4 heteroatoms. The third-order valence-electron chi connectivity index (χ3n) is 12.7. The average Bonchev–Trinajstić information content (AvgIpc) is 4.25. The van der Waals surface area contributed by atoms with Gasteiger partial charge in [-0.15, -0.1) is 138 Å². The molecule has 80 heavy (non-hydrogen) atoms. The summed E-state index contributed by atoms with van der Waals surface area (Å²) < 4.78 is 0. The van der Waals surface area contributed by atoms with E-state index >= 15 is 0 Å². The van der Waals surface area contributed by atoms with E-state index in [2.05, 4.69) is 305 Å². The summed E-state index contributed by atoms with van der Waals surface area (Å²) in [5, 5.41) is 10.7. The van der Waals surface area contributed by atoms with Crippen LogP contribution in [0.15, 0.2) is 243 Å². The van der Waals surface area contributed by atoms with Crippen molar-refractivity contribution in [3.05, 3.63) is 308 Å². The Kier molecular flexibility index (Phi) is 36.9. The zero-order valence-corrected chi connectivity index (χ0v) is 58.5. The topological polar surface area (TPSA) is 0 Å². The van der Waals surface area contributed by atoms with Gasteiger partial charge in [0, 0.05) is 72.2 Å². The number of rotatable bonds is 7. The third-order valence-corrected chi connectivity index (χ3v) is 12.7. The molecular formula is C76H82Hf2Si2-10. The van der Waals surface area contributed by atoms with Crippen molar-refractivity contribution in [1.29, 1.82) is 0 Å². The minimum atomic E-state index is 0. The standard InChI is InChI=1S/4C16H13.C6H12.2CH3Si.4CH3.2Hf/c4*1-12-10-14-8-5-9-15(16(14)11-12)13-6-3-2-4-7-13;1-3-5-6-4-2;2*1-2;;;;;;/h4*2-11H,1H3;1-6H2;2*1H3;4*1H3;;/q4*-1;-2;;;4*-1;;. The van der Waals surface area contributed by atoms with Crippen LogP contribution in [0.4, 0.5) is 0 Å². The van der Waals surface area contributed by atoms with Crippen molar-refractivity contribution < 1.29 is 51.7 Å². The molecule has 0 atom stereocenters. The van der Waals surface area contributed by atoms with Crippen LogP contribution in [-0.2, 0) is 51.7 Å². The predicted molar refractivity (Wildman–Crippen MR) is 357 cm³/mol. The van der Waals surface area contributed by atoms with Crippen LogP contribution in [0.25, 0.3) is 87.6 Å². The second kappa shape index (κ2) is 39.7. The summed E-state index contributed by atoms with van der Waals surface area (Å²) >= 11 is 0. The van der Waals surface area contributed by atoms with Gasteiger partial charge in [0.2, 0.25) is 0 Å². The van der Waals surface area contributed by atoms with Crippen molar-refractivity contribution in [3.63, 3.8) is 0 Å². The monoisotopic (exact) mass is 1410 g/mol. The zero-order valence-electron chi connectivity index (χ0n) is 49.3. The first-order valence-electron chi connectivity index (χ1n) is 25.7. The first-order valence-corrected chi connectivity index (χ1v) is 27.7. The van der Waals surface area contributed by atoms with Crippen LogP contribution in [0.3, 0.4) is 0 Å². The molecule has 0 bridgehead atoms. The van der Waals surface area contributed by atoms with Crippen molar-refractivity contribution in [2.45, 2.75) is 66.5 Å². The smallest absolute Gasteiger partial charge is 0.0184 e. The van der Waals surface area contributed by atoms with Gasteiger partial charge >= 0.3 is 0 Å². The summed E-state index contributed by atoms with van der Waals surface area (Å²) in [5.74, 6) is 0. The summed E-state index contributed by atoms with van der Waals surface area (Å²) in [7, 11) is 5.94. The van der Waals surface area contributed by atoms with Crippen LogP contribution in [0.1, 0.15) is 47.9 Å². The van der Waals surface area contributed by atoms with Gasteiger partial charge in [0.15, 0.2) is 0 Å². The molecular weight excluding hydrogens is 1330 g/mol. The predicted octanol–water partition coefficient (Wildman–Crippen LogP) is 22.6. The Morgan fingerprint density at radius 3 is 0.650 bits per heavy atom. The molecule has 0 aliphatic carbocycles. The van der Waals surface area contributed by atoms with Gasteiger partial charge in [-0.1, -0.05) is 221 Å². The summed E-state index contributed by atoms with van der Waals surface area (Å²) in [6, 6.07) is 86.2. The van der Waals surface area contributed by atoms with E-state index < -0.39 is 0 Å². The fourth-order valence-electron chi connectivity index (χ4n) is 9.37. The molecule has 0 unspecified atom stereocenters. The molecule has 0 saturated heterocycles. The first kappa shape index (κ1) is 74.4. The number of unbranched alkanes of at least 4 members (excludes halogenated alkanes) is 3. The first-order chi connectivity index (χ1) is 36.3. The van der Waals surface area contributed by atoms with E-state index in [-0.39, 0.29) is 81.4 Å². The molecule has 0 heterocycles. The largest absolute Gasteiger partial charge is 0.358 e. The maximum atomic E-state index is 3.70. The molecule has 0 fully saturated rings. The molecule has 6 radical (unpaired) electrons. The van der Waals surface area contributed by atoms with E-state index in [1.54, 1.807) is 13.1 Å². The molecule has 0 saturated carbocycles. The van der Waals surface area contributed by atoms with Gasteiger partial charge in [0.1, 0.15) is 0 Å². The van der Waals surface area contributed by atoms with Gasteiger partial charge in [0.05, 0.1) is 0 Å². The minimum absolute atomic E-state index is 0. The van der Waals surface area contributed by atoms with E-state index in [9.17, 15) is 0 Å². The number of benzene rings is 8. The number of fused-ring (bicyclic) bond motifs is 4. The number of hydrogen-bond acceptors (Lipinski definition) is 0. The van der Waals surface area contributed by atoms with Gasteiger partial charge in [-0.2, -0.15) is 37.1 Å². The molecule has 12 rings (SSSR count). The van der Waals surface area contributed by atoms with Crippen molar-refractivity contribution in [1.82, 2.24) is 0 Å². The Hall–Kier alpha value is -5.63. The number of hydrogen-bond donors (Lipinski definition) is 0. The maximum absolute atomic E-state index is 3.70. The van der Waals surface area contributed by atoms with Gasteiger partial charge in [-0.25, -0.2) is 0 Å². The second-order valence-electron chi connectivity index (χ2n) is 18.2. The minimum Gasteiger partial charge on any atom is -0.358 e. The van der Waals surface area contributed by atoms with Crippen molar-refractivity contribution >= 4 is 63.6 Å². The van der Waals surface area contributed by atoms with Crippen molar-refractivity contribution in [3.8, 4) is 44.5 Å². The Morgan fingerprint density at radius 1 is 0.287 bits per heavy atom. The summed E-state index contributed by atoms with van der Waals surface area (Å²) in [6.45, 7) is 19.6. The average molecular weight is 1410 g/mol. The molecule has 12 aromatic carbocycles. The molecule has 412 valence electrons. The molecule has 0 aromatic heterocycles. The normalized spacial score (nSPS) is 9.47. The zero-order chi connectivity index (χ0) is 52.7. The van der Waals surface area contributed by atoms with Crippen LogP contribution in [0, 0.1) is 71.2 Å². The second-order valence-corrected chi connectivity index (χ2v) is 18.2. The van der Waals surface area contributed by atoms with E-state index in [1.807, 2.05) is 0 Å². The molecule has 0 aliphatic rings. The molecule has 0 amide bonds. The van der Waals surface area contributed by atoms with E-state index in [4.69, 9.17) is 0 Å². The third kappa shape index (κ3) is 20.7. The SMILES string of the molecule is C[Si].C[Si].Cc1cc2c(-c3ccccc3)cccc2[cH-]1.Cc1cc2c(-c3ccccc3)cccc2[cH-]1.Cc1cc2c(-c3ccccc3)cccc2[cH-]1.Cc1cc2c(-c3ccccc3)cccc2[cH-]1.[CH2-]CCCC[CH2-].[CH3-].[CH3-].[CH3-].[CH3-].[Hf].[Hf]. The Bertz CT molecular complexity index is 3020. The van der Waals surface area contributed by atoms with Crippen LogP contribution >= 0.6 is 0 Å². The van der Waals surface area contributed by atoms with E-state index in [1.165, 1.54) is 123 Å². The van der Waals surface area contributed by atoms with Crippen molar-refractivity contribution in [2.75, 3.05) is 0 Å². The van der Waals surface area contributed by atoms with Crippen LogP contribution in [0.2, 0.25) is 13.1 Å². The fraction of sp³-hybridized carbons (Fsp3) is 0.132. The van der Waals surface area contributed by atoms with E-state index in [0.717, 1.165) is 12.8 Å². The number of aryl methyl sites for hydroxylation is 4. The van der Waals surface area contributed by atoms with Crippen LogP contribution < -0.4 is 0 Å². The van der Waals surface area contributed by atoms with Gasteiger partial charge in [-0.05, 0) is 22.3 Å². The summed E-state index contributed by atoms with van der Waals surface area (Å²) in [5.41, 5.74) is 15.8. The summed E-state index contributed by atoms with van der Waals surface area (Å²) in [4.78, 5) is 0. The summed E-state index contributed by atoms with van der Waals surface area (Å²) in [6.07, 6.45) is 4.61. The van der Waals surface area contributed by atoms with Crippen LogP contribution in [0.5, 0.6) is 0 Å². The van der Waals surface area contributed by atoms with Crippen LogP contribution in [-0.4, -0.2) is 20.5 Å². The molecule has 0 nitrogen and oxygen atoms in total. The molecule has 0 spiro atoms. The maximum Gasteiger partial charge on any atom is 0.0184 e. The van der Waals surface area contributed by atoms with Gasteiger partial charge < -0.3 is 43.6 Å². The van der Waals surface area contributed by atoms with Gasteiger partial charge in [-0.3, -0.25) is 0 Å². The van der Waals surface area contributed by atoms with Gasteiger partial charge in [0.25, 0.3) is 0 Å². The molecule has 0 N–H and O–H groups in total. The Balaban J connectivity index is 0.000000962. The quantitative estimate of drug-likeness (QED) is 0.0848. The van der Waals surface area contributed by atoms with Crippen molar-refractivity contribution in [2.24, 2.45) is 0 Å². The Morgan fingerprint density at radius 2 is 0.475 bits per heavy atom. The molecule has 0 aliphatic heterocycles. The fourth-order valence-corrected chi connectivity index (χ4v) is 9.37. The Labute approximate surface area is 530 Å². The molecule has 12 aromatic rings. The van der Waals surface area contributed by atoms with E-state index in [0.29, 0.717) is 0 Å².